The zero-order valence-electron chi connectivity index (χ0n) is 23.9. The lowest BCUT2D eigenvalue weighted by atomic mass is 10.0. The summed E-state index contributed by atoms with van der Waals surface area (Å²) in [4.78, 5) is 26.2. The number of hydrogen-bond acceptors (Lipinski definition) is 8. The van der Waals surface area contributed by atoms with Crippen molar-refractivity contribution in [2.75, 3.05) is 30.8 Å². The molecule has 1 fully saturated rings. The van der Waals surface area contributed by atoms with E-state index in [1.807, 2.05) is 6.92 Å². The van der Waals surface area contributed by atoms with Crippen LogP contribution in [0.25, 0.3) is 11.3 Å². The van der Waals surface area contributed by atoms with Gasteiger partial charge in [-0.2, -0.15) is 13.2 Å². The predicted molar refractivity (Wildman–Crippen MR) is 157 cm³/mol. The summed E-state index contributed by atoms with van der Waals surface area (Å²) >= 11 is 0. The monoisotopic (exact) mass is 592 g/mol. The van der Waals surface area contributed by atoms with Crippen molar-refractivity contribution in [3.05, 3.63) is 83.7 Å². The number of carbonyl (C=O) groups excluding carboxylic acids is 1. The fraction of sp³-hybridized carbons (Fsp3) is 0.290. The molecule has 1 amide bonds. The van der Waals surface area contributed by atoms with E-state index in [1.54, 1.807) is 56.7 Å². The minimum atomic E-state index is -4.63. The zero-order chi connectivity index (χ0) is 30.6. The highest BCUT2D eigenvalue weighted by Gasteiger charge is 2.33. The van der Waals surface area contributed by atoms with Crippen molar-refractivity contribution >= 4 is 17.5 Å². The summed E-state index contributed by atoms with van der Waals surface area (Å²) in [6.07, 6.45) is 0.366. The second-order valence-electron chi connectivity index (χ2n) is 10.5. The highest BCUT2D eigenvalue weighted by atomic mass is 19.4. The lowest BCUT2D eigenvalue weighted by Crippen LogP contribution is -2.42. The molecule has 224 valence electrons. The van der Waals surface area contributed by atoms with Crippen molar-refractivity contribution in [1.82, 2.24) is 20.3 Å². The Kier molecular flexibility index (Phi) is 8.49. The largest absolute Gasteiger partial charge is 0.492 e. The summed E-state index contributed by atoms with van der Waals surface area (Å²) in [7, 11) is 1.71. The van der Waals surface area contributed by atoms with E-state index < -0.39 is 17.6 Å². The van der Waals surface area contributed by atoms with Gasteiger partial charge in [0.25, 0.3) is 5.91 Å². The van der Waals surface area contributed by atoms with Gasteiger partial charge in [-0.05, 0) is 81.3 Å². The highest BCUT2D eigenvalue weighted by Crippen LogP contribution is 2.36. The lowest BCUT2D eigenvalue weighted by molar-refractivity contribution is -0.137. The molecule has 0 spiro atoms. The number of benzene rings is 2. The number of aromatic nitrogens is 3. The van der Waals surface area contributed by atoms with Crippen LogP contribution in [0.5, 0.6) is 17.4 Å². The quantitative estimate of drug-likeness (QED) is 0.203. The van der Waals surface area contributed by atoms with E-state index in [2.05, 4.69) is 30.9 Å². The van der Waals surface area contributed by atoms with E-state index in [1.165, 1.54) is 12.1 Å². The topological polar surface area (TPSA) is 110 Å². The van der Waals surface area contributed by atoms with Gasteiger partial charge in [-0.3, -0.25) is 4.79 Å². The van der Waals surface area contributed by atoms with Crippen LogP contribution < -0.4 is 25.4 Å². The summed E-state index contributed by atoms with van der Waals surface area (Å²) in [5.74, 6) is 0.432. The molecule has 0 radical (unpaired) electrons. The normalized spacial score (nSPS) is 16.5. The molecule has 0 saturated carbocycles. The molecule has 2 aromatic heterocycles. The summed E-state index contributed by atoms with van der Waals surface area (Å²) in [6, 6.07) is 13.2. The molecule has 12 heteroatoms. The van der Waals surface area contributed by atoms with Crippen LogP contribution in [0.15, 0.2) is 67.0 Å². The molecule has 3 N–H and O–H groups in total. The van der Waals surface area contributed by atoms with Crippen molar-refractivity contribution < 1.29 is 27.4 Å². The second-order valence-corrected chi connectivity index (χ2v) is 10.5. The number of nitrogens with zero attached hydrogens (tertiary/aromatic N) is 3. The van der Waals surface area contributed by atoms with Crippen molar-refractivity contribution in [1.29, 1.82) is 0 Å². The van der Waals surface area contributed by atoms with Crippen LogP contribution in [0, 0.1) is 6.92 Å². The fourth-order valence-corrected chi connectivity index (χ4v) is 4.70. The van der Waals surface area contributed by atoms with Gasteiger partial charge in [-0.1, -0.05) is 6.07 Å². The lowest BCUT2D eigenvalue weighted by Gasteiger charge is -2.25. The number of pyridine rings is 1. The van der Waals surface area contributed by atoms with E-state index in [0.29, 0.717) is 23.0 Å². The minimum absolute atomic E-state index is 0.0156. The Morgan fingerprint density at radius 2 is 1.93 bits per heavy atom. The van der Waals surface area contributed by atoms with Crippen LogP contribution in [0.2, 0.25) is 0 Å². The SMILES string of the molecule is CNc1nccc(-c2cccnc2Oc2cc(C(=O)Nc3cc(OC[C@@]4(C)CCCN4)cc(C(F)(F)F)c3)ccc2C)n1. The van der Waals surface area contributed by atoms with Gasteiger partial charge in [0, 0.05) is 42.3 Å². The zero-order valence-corrected chi connectivity index (χ0v) is 23.9. The third kappa shape index (κ3) is 7.20. The average molecular weight is 593 g/mol. The van der Waals surface area contributed by atoms with Gasteiger partial charge in [0.15, 0.2) is 0 Å². The van der Waals surface area contributed by atoms with Gasteiger partial charge in [0.05, 0.1) is 16.8 Å². The highest BCUT2D eigenvalue weighted by molar-refractivity contribution is 6.04. The minimum Gasteiger partial charge on any atom is -0.492 e. The van der Waals surface area contributed by atoms with Crippen LogP contribution in [0.1, 0.15) is 41.3 Å². The number of aryl methyl sites for hydroxylation is 1. The summed E-state index contributed by atoms with van der Waals surface area (Å²) < 4.78 is 53.0. The number of nitrogens with one attached hydrogen (secondary N) is 3. The predicted octanol–water partition coefficient (Wildman–Crippen LogP) is 6.47. The number of halogens is 3. The maximum Gasteiger partial charge on any atom is 0.416 e. The van der Waals surface area contributed by atoms with Gasteiger partial charge in [-0.15, -0.1) is 0 Å². The van der Waals surface area contributed by atoms with Crippen LogP contribution >= 0.6 is 0 Å². The maximum atomic E-state index is 13.7. The molecule has 3 heterocycles. The first-order valence-electron chi connectivity index (χ1n) is 13.7. The second kappa shape index (κ2) is 12.3. The first kappa shape index (κ1) is 29.8. The Bertz CT molecular complexity index is 1620. The van der Waals surface area contributed by atoms with E-state index in [0.717, 1.165) is 37.1 Å². The molecule has 0 unspecified atom stereocenters. The van der Waals surface area contributed by atoms with E-state index >= 15 is 0 Å². The van der Waals surface area contributed by atoms with E-state index in [4.69, 9.17) is 9.47 Å². The van der Waals surface area contributed by atoms with Crippen molar-refractivity contribution in [2.24, 2.45) is 0 Å². The molecule has 1 aliphatic rings. The molecular formula is C31H31F3N6O3. The summed E-state index contributed by atoms with van der Waals surface area (Å²) in [6.45, 7) is 4.79. The van der Waals surface area contributed by atoms with Crippen LogP contribution in [-0.4, -0.2) is 46.6 Å². The van der Waals surface area contributed by atoms with Crippen LogP contribution in [-0.2, 0) is 6.18 Å². The van der Waals surface area contributed by atoms with E-state index in [-0.39, 0.29) is 35.0 Å². The first-order valence-corrected chi connectivity index (χ1v) is 13.7. The van der Waals surface area contributed by atoms with Gasteiger partial charge in [0.2, 0.25) is 11.8 Å². The van der Waals surface area contributed by atoms with E-state index in [9.17, 15) is 18.0 Å². The van der Waals surface area contributed by atoms with Crippen molar-refractivity contribution in [3.63, 3.8) is 0 Å². The molecule has 5 rings (SSSR count). The smallest absolute Gasteiger partial charge is 0.416 e. The molecule has 9 nitrogen and oxygen atoms in total. The number of ether oxygens (including phenoxy) is 2. The maximum absolute atomic E-state index is 13.7. The Balaban J connectivity index is 1.38. The number of carbonyl (C=O) groups is 1. The molecule has 2 aromatic carbocycles. The van der Waals surface area contributed by atoms with Crippen molar-refractivity contribution in [3.8, 4) is 28.6 Å². The van der Waals surface area contributed by atoms with Crippen molar-refractivity contribution in [2.45, 2.75) is 38.4 Å². The molecule has 1 aliphatic heterocycles. The molecule has 4 aromatic rings. The van der Waals surface area contributed by atoms with Gasteiger partial charge < -0.3 is 25.4 Å². The Hall–Kier alpha value is -4.71. The third-order valence-corrected chi connectivity index (χ3v) is 7.09. The number of hydrogen-bond donors (Lipinski definition) is 3. The standard InChI is InChI=1S/C31H31F3N6O3/c1-19-7-8-20(14-26(19)43-28-24(6-4-11-36-28)25-9-13-37-29(35-3)40-25)27(41)39-22-15-21(31(32,33)34)16-23(17-22)42-18-30(2)10-5-12-38-30/h4,6-9,11,13-17,38H,5,10,12,18H2,1-3H3,(H,39,41)(H,35,37,40)/t30-/m1/s1. The van der Waals surface area contributed by atoms with Crippen LogP contribution in [0.4, 0.5) is 24.8 Å². The molecule has 0 aliphatic carbocycles. The Morgan fingerprint density at radius 1 is 1.09 bits per heavy atom. The molecule has 43 heavy (non-hydrogen) atoms. The van der Waals surface area contributed by atoms with Crippen LogP contribution in [0.3, 0.4) is 0 Å². The molecule has 1 atom stereocenters. The first-order chi connectivity index (χ1) is 20.5. The molecule has 1 saturated heterocycles. The van der Waals surface area contributed by atoms with Gasteiger partial charge >= 0.3 is 6.18 Å². The summed E-state index contributed by atoms with van der Waals surface area (Å²) in [5, 5.41) is 8.79. The Labute approximate surface area is 246 Å². The number of rotatable bonds is 9. The van der Waals surface area contributed by atoms with Gasteiger partial charge in [0.1, 0.15) is 18.1 Å². The van der Waals surface area contributed by atoms with Gasteiger partial charge in [-0.25, -0.2) is 15.0 Å². The number of anilines is 2. The Morgan fingerprint density at radius 3 is 2.67 bits per heavy atom. The summed E-state index contributed by atoms with van der Waals surface area (Å²) in [5.41, 5.74) is 0.787. The number of alkyl halides is 3. The number of amides is 1. The third-order valence-electron chi connectivity index (χ3n) is 7.09. The fourth-order valence-electron chi connectivity index (χ4n) is 4.70. The molecular weight excluding hydrogens is 561 g/mol. The molecule has 0 bridgehead atoms. The average Bonchev–Trinajstić information content (AvgIpc) is 3.43.